The zero-order valence-electron chi connectivity index (χ0n) is 11.7. The van der Waals surface area contributed by atoms with Gasteiger partial charge < -0.3 is 5.32 Å². The molecule has 0 saturated heterocycles. The van der Waals surface area contributed by atoms with Gasteiger partial charge in [0, 0.05) is 0 Å². The van der Waals surface area contributed by atoms with E-state index >= 15 is 0 Å². The van der Waals surface area contributed by atoms with Gasteiger partial charge in [0.25, 0.3) is 0 Å². The number of nitrogens with one attached hydrogen (secondary N) is 1. The predicted octanol–water partition coefficient (Wildman–Crippen LogP) is 3.25. The molecule has 0 aliphatic rings. The molecule has 3 rings (SSSR count). The molecular formula is C16H13ClN5. The summed E-state index contributed by atoms with van der Waals surface area (Å²) >= 11 is 6.18. The van der Waals surface area contributed by atoms with Crippen molar-refractivity contribution in [2.24, 2.45) is 0 Å². The molecule has 22 heavy (non-hydrogen) atoms. The number of halogens is 1. The largest absolute Gasteiger partial charge is 0.323 e. The van der Waals surface area contributed by atoms with E-state index in [1.54, 1.807) is 24.7 Å². The fourth-order valence-corrected chi connectivity index (χ4v) is 2.16. The second-order valence-corrected chi connectivity index (χ2v) is 5.04. The maximum Gasteiger partial charge on any atom is 0.227 e. The SMILES string of the molecule is Clc1cnc(Nc2ccnnc2)nc1CCc1[c]cccc1. The van der Waals surface area contributed by atoms with E-state index in [1.165, 1.54) is 0 Å². The van der Waals surface area contributed by atoms with Gasteiger partial charge in [-0.1, -0.05) is 35.9 Å². The molecule has 0 aliphatic heterocycles. The van der Waals surface area contributed by atoms with Crippen LogP contribution < -0.4 is 5.32 Å². The van der Waals surface area contributed by atoms with Gasteiger partial charge in [0.2, 0.25) is 5.95 Å². The number of nitrogens with zero attached hydrogens (tertiary/aromatic N) is 4. The van der Waals surface area contributed by atoms with E-state index in [1.807, 2.05) is 24.3 Å². The summed E-state index contributed by atoms with van der Waals surface area (Å²) < 4.78 is 0. The van der Waals surface area contributed by atoms with Crippen LogP contribution in [0.4, 0.5) is 11.6 Å². The molecule has 1 radical (unpaired) electrons. The zero-order chi connectivity index (χ0) is 15.2. The van der Waals surface area contributed by atoms with E-state index in [2.05, 4.69) is 31.5 Å². The summed E-state index contributed by atoms with van der Waals surface area (Å²) in [5.74, 6) is 0.490. The summed E-state index contributed by atoms with van der Waals surface area (Å²) in [6.45, 7) is 0. The van der Waals surface area contributed by atoms with Crippen molar-refractivity contribution in [3.63, 3.8) is 0 Å². The van der Waals surface area contributed by atoms with Crippen LogP contribution in [-0.4, -0.2) is 20.2 Å². The number of aryl methyl sites for hydroxylation is 2. The van der Waals surface area contributed by atoms with Gasteiger partial charge in [-0.15, -0.1) is 0 Å². The monoisotopic (exact) mass is 310 g/mol. The second-order valence-electron chi connectivity index (χ2n) is 4.63. The van der Waals surface area contributed by atoms with Gasteiger partial charge in [-0.2, -0.15) is 10.2 Å². The zero-order valence-corrected chi connectivity index (χ0v) is 12.5. The fraction of sp³-hybridized carbons (Fsp3) is 0.125. The van der Waals surface area contributed by atoms with E-state index in [-0.39, 0.29) is 0 Å². The van der Waals surface area contributed by atoms with Gasteiger partial charge in [0.15, 0.2) is 0 Å². The first kappa shape index (κ1) is 14.4. The van der Waals surface area contributed by atoms with Gasteiger partial charge in [-0.3, -0.25) is 0 Å². The number of benzene rings is 1. The molecular weight excluding hydrogens is 298 g/mol. The molecule has 0 spiro atoms. The van der Waals surface area contributed by atoms with Crippen LogP contribution in [0.2, 0.25) is 5.02 Å². The van der Waals surface area contributed by atoms with Gasteiger partial charge in [0.1, 0.15) is 0 Å². The highest BCUT2D eigenvalue weighted by molar-refractivity contribution is 6.31. The fourth-order valence-electron chi connectivity index (χ4n) is 1.97. The molecule has 0 bridgehead atoms. The molecule has 3 aromatic rings. The standard InChI is InChI=1S/C16H13ClN5/c17-14-11-18-16(21-13-8-9-19-20-10-13)22-15(14)7-6-12-4-2-1-3-5-12/h1-4,8-11H,6-7H2,(H,18,19,21,22). The van der Waals surface area contributed by atoms with E-state index in [0.717, 1.165) is 29.8 Å². The minimum Gasteiger partial charge on any atom is -0.323 e. The summed E-state index contributed by atoms with van der Waals surface area (Å²) in [6, 6.07) is 12.9. The van der Waals surface area contributed by atoms with Crippen LogP contribution >= 0.6 is 11.6 Å². The molecule has 0 aliphatic carbocycles. The maximum absolute atomic E-state index is 6.18. The number of hydrogen-bond donors (Lipinski definition) is 1. The van der Waals surface area contributed by atoms with Crippen LogP contribution in [0.1, 0.15) is 11.3 Å². The third-order valence-electron chi connectivity index (χ3n) is 3.06. The molecule has 0 atom stereocenters. The Labute approximate surface area is 133 Å². The van der Waals surface area contributed by atoms with Crippen LogP contribution in [0.3, 0.4) is 0 Å². The van der Waals surface area contributed by atoms with E-state index in [9.17, 15) is 0 Å². The predicted molar refractivity (Wildman–Crippen MR) is 85.0 cm³/mol. The van der Waals surface area contributed by atoms with E-state index in [4.69, 9.17) is 11.6 Å². The lowest BCUT2D eigenvalue weighted by Crippen LogP contribution is -2.02. The van der Waals surface area contributed by atoms with Crippen LogP contribution in [0.5, 0.6) is 0 Å². The quantitative estimate of drug-likeness (QED) is 0.783. The van der Waals surface area contributed by atoms with E-state index in [0.29, 0.717) is 11.0 Å². The number of hydrogen-bond acceptors (Lipinski definition) is 5. The van der Waals surface area contributed by atoms with Crippen molar-refractivity contribution in [2.75, 3.05) is 5.32 Å². The minimum atomic E-state index is 0.490. The minimum absolute atomic E-state index is 0.490. The highest BCUT2D eigenvalue weighted by Gasteiger charge is 2.06. The summed E-state index contributed by atoms with van der Waals surface area (Å²) in [4.78, 5) is 8.65. The maximum atomic E-state index is 6.18. The summed E-state index contributed by atoms with van der Waals surface area (Å²) in [5.41, 5.74) is 2.71. The van der Waals surface area contributed by atoms with Crippen molar-refractivity contribution in [1.82, 2.24) is 20.2 Å². The molecule has 1 aromatic carbocycles. The average molecular weight is 311 g/mol. The summed E-state index contributed by atoms with van der Waals surface area (Å²) in [6.07, 6.45) is 6.37. The highest BCUT2D eigenvalue weighted by Crippen LogP contribution is 2.18. The Bertz CT molecular complexity index is 734. The Kier molecular flexibility index (Phi) is 4.56. The van der Waals surface area contributed by atoms with Gasteiger partial charge >= 0.3 is 0 Å². The lowest BCUT2D eigenvalue weighted by atomic mass is 10.1. The molecule has 0 fully saturated rings. The lowest BCUT2D eigenvalue weighted by Gasteiger charge is -2.07. The Morgan fingerprint density at radius 3 is 2.82 bits per heavy atom. The molecule has 0 saturated carbocycles. The van der Waals surface area contributed by atoms with Gasteiger partial charge in [-0.25, -0.2) is 9.97 Å². The van der Waals surface area contributed by atoms with Crippen LogP contribution in [-0.2, 0) is 12.8 Å². The van der Waals surface area contributed by atoms with Gasteiger partial charge in [-0.05, 0) is 30.5 Å². The lowest BCUT2D eigenvalue weighted by molar-refractivity contribution is 0.902. The number of anilines is 2. The van der Waals surface area contributed by atoms with Crippen molar-refractivity contribution in [1.29, 1.82) is 0 Å². The third kappa shape index (κ3) is 3.77. The third-order valence-corrected chi connectivity index (χ3v) is 3.38. The van der Waals surface area contributed by atoms with Gasteiger partial charge in [0.05, 0.1) is 35.0 Å². The number of aromatic nitrogens is 4. The van der Waals surface area contributed by atoms with Crippen molar-refractivity contribution >= 4 is 23.2 Å². The first-order chi connectivity index (χ1) is 10.8. The second kappa shape index (κ2) is 6.95. The average Bonchev–Trinajstić information content (AvgIpc) is 2.57. The van der Waals surface area contributed by atoms with Crippen LogP contribution in [0.25, 0.3) is 0 Å². The van der Waals surface area contributed by atoms with E-state index < -0.39 is 0 Å². The summed E-state index contributed by atoms with van der Waals surface area (Å²) in [7, 11) is 0. The topological polar surface area (TPSA) is 63.6 Å². The van der Waals surface area contributed by atoms with Crippen molar-refractivity contribution < 1.29 is 0 Å². The van der Waals surface area contributed by atoms with Crippen molar-refractivity contribution in [3.05, 3.63) is 71.3 Å². The van der Waals surface area contributed by atoms with Crippen molar-refractivity contribution in [2.45, 2.75) is 12.8 Å². The van der Waals surface area contributed by atoms with Crippen molar-refractivity contribution in [3.8, 4) is 0 Å². The molecule has 5 nitrogen and oxygen atoms in total. The first-order valence-corrected chi connectivity index (χ1v) is 7.20. The normalized spacial score (nSPS) is 10.4. The molecule has 2 aromatic heterocycles. The Morgan fingerprint density at radius 2 is 2.05 bits per heavy atom. The summed E-state index contributed by atoms with van der Waals surface area (Å²) in [5, 5.41) is 11.2. The Hall–Kier alpha value is -2.53. The molecule has 2 heterocycles. The molecule has 0 amide bonds. The Balaban J connectivity index is 1.72. The Morgan fingerprint density at radius 1 is 1.09 bits per heavy atom. The molecule has 1 N–H and O–H groups in total. The molecule has 109 valence electrons. The number of rotatable bonds is 5. The molecule has 6 heteroatoms. The molecule has 0 unspecified atom stereocenters. The highest BCUT2D eigenvalue weighted by atomic mass is 35.5. The smallest absolute Gasteiger partial charge is 0.227 e. The first-order valence-electron chi connectivity index (χ1n) is 6.82. The van der Waals surface area contributed by atoms with Crippen LogP contribution in [0.15, 0.2) is 48.9 Å². The van der Waals surface area contributed by atoms with Crippen LogP contribution in [0, 0.1) is 6.07 Å².